The minimum atomic E-state index is -1.44. The van der Waals surface area contributed by atoms with Crippen LogP contribution in [-0.4, -0.2) is 77.5 Å². The molecule has 184 valence electrons. The van der Waals surface area contributed by atoms with E-state index in [-0.39, 0.29) is 40.1 Å². The summed E-state index contributed by atoms with van der Waals surface area (Å²) in [7, 11) is 0. The van der Waals surface area contributed by atoms with Crippen molar-refractivity contribution in [3.05, 3.63) is 28.6 Å². The van der Waals surface area contributed by atoms with Gasteiger partial charge in [0, 0.05) is 49.9 Å². The average Bonchev–Trinajstić information content (AvgIpc) is 3.09. The molecule has 11 heteroatoms. The van der Waals surface area contributed by atoms with E-state index >= 15 is 4.39 Å². The van der Waals surface area contributed by atoms with Crippen LogP contribution >= 0.6 is 0 Å². The van der Waals surface area contributed by atoms with Crippen molar-refractivity contribution in [2.24, 2.45) is 0 Å². The van der Waals surface area contributed by atoms with Crippen LogP contribution < -0.4 is 20.9 Å². The summed E-state index contributed by atoms with van der Waals surface area (Å²) in [6.45, 7) is 6.67. The van der Waals surface area contributed by atoms with E-state index in [1.54, 1.807) is 37.6 Å². The molecule has 1 unspecified atom stereocenters. The number of carbonyl (C=O) groups is 3. The first-order chi connectivity index (χ1) is 16.6. The van der Waals surface area contributed by atoms with Crippen LogP contribution in [0.25, 0.3) is 10.8 Å². The van der Waals surface area contributed by atoms with E-state index in [1.165, 1.54) is 11.0 Å². The van der Waals surface area contributed by atoms with Crippen molar-refractivity contribution in [3.63, 3.8) is 0 Å². The van der Waals surface area contributed by atoms with Crippen molar-refractivity contribution in [3.8, 4) is 0 Å². The number of hydrogen-bond donors (Lipinski definition) is 1. The second kappa shape index (κ2) is 9.02. The summed E-state index contributed by atoms with van der Waals surface area (Å²) >= 11 is 0. The van der Waals surface area contributed by atoms with E-state index < -0.39 is 35.2 Å². The first-order valence-electron chi connectivity index (χ1n) is 11.2. The molecule has 2 fully saturated rings. The Balaban J connectivity index is 1.73. The fraction of sp³-hybridized carbons (Fsp3) is 0.458. The van der Waals surface area contributed by atoms with Gasteiger partial charge in [-0.2, -0.15) is 0 Å². The summed E-state index contributed by atoms with van der Waals surface area (Å²) in [4.78, 5) is 64.3. The Hall–Kier alpha value is -3.94. The van der Waals surface area contributed by atoms with E-state index in [9.17, 15) is 24.0 Å². The quantitative estimate of drug-likeness (QED) is 0.570. The second-order valence-corrected chi connectivity index (χ2v) is 9.48. The van der Waals surface area contributed by atoms with Crippen molar-refractivity contribution < 1.29 is 33.1 Å². The van der Waals surface area contributed by atoms with Crippen LogP contribution in [0.5, 0.6) is 0 Å². The molecule has 3 heterocycles. The van der Waals surface area contributed by atoms with Crippen LogP contribution in [0.4, 0.5) is 14.9 Å². The molecule has 2 amide bonds. The van der Waals surface area contributed by atoms with Crippen molar-refractivity contribution in [1.82, 2.24) is 14.8 Å². The highest BCUT2D eigenvalue weighted by molar-refractivity contribution is 6.06. The normalized spacial score (nSPS) is 18.8. The number of Topliss-reactive ketones (excluding diaryl/α,β-unsaturated/α-hetero) is 1. The summed E-state index contributed by atoms with van der Waals surface area (Å²) in [5, 5.41) is 2.30. The molecule has 1 atom stereocenters. The maximum Gasteiger partial charge on any atom is 0.410 e. The fourth-order valence-corrected chi connectivity index (χ4v) is 4.44. The topological polar surface area (TPSA) is 118 Å². The lowest BCUT2D eigenvalue weighted by Gasteiger charge is -2.36. The Morgan fingerprint density at radius 1 is 1.06 bits per heavy atom. The molecule has 1 N–H and O–H groups in total. The number of nitrogens with zero attached hydrogens (tertiary/aromatic N) is 3. The number of benzene rings is 1. The largest absolute Gasteiger partial charge is 0.444 e. The van der Waals surface area contributed by atoms with Crippen LogP contribution in [-0.2, 0) is 23.9 Å². The third kappa shape index (κ3) is 4.43. The minimum Gasteiger partial charge on any atom is -0.444 e. The number of rotatable bonds is 2. The Morgan fingerprint density at radius 2 is 1.66 bits per heavy atom. The molecule has 0 radical (unpaired) electrons. The number of hydrogen-bond acceptors (Lipinski definition) is 7. The predicted octanol–water partition coefficient (Wildman–Crippen LogP) is -0.526. The zero-order valence-corrected chi connectivity index (χ0v) is 19.6. The van der Waals surface area contributed by atoms with Gasteiger partial charge in [0.1, 0.15) is 22.1 Å². The number of anilines is 1. The highest BCUT2D eigenvalue weighted by Gasteiger charge is 2.34. The molecule has 0 bridgehead atoms. The Kier molecular flexibility index (Phi) is 6.23. The first kappa shape index (κ1) is 24.2. The molecule has 1 aromatic heterocycles. The van der Waals surface area contributed by atoms with Crippen molar-refractivity contribution in [1.29, 1.82) is 0 Å². The lowest BCUT2D eigenvalue weighted by atomic mass is 10.0. The zero-order valence-electron chi connectivity index (χ0n) is 19.6. The Morgan fingerprint density at radius 3 is 2.20 bits per heavy atom. The zero-order chi connectivity index (χ0) is 25.5. The van der Waals surface area contributed by atoms with Gasteiger partial charge < -0.3 is 24.4 Å². The lowest BCUT2D eigenvalue weighted by Crippen LogP contribution is -2.50. The van der Waals surface area contributed by atoms with E-state index in [1.807, 2.05) is 0 Å². The molecule has 35 heavy (non-hydrogen) atoms. The maximum atomic E-state index is 15.2. The van der Waals surface area contributed by atoms with Gasteiger partial charge in [-0.3, -0.25) is 9.59 Å². The molecule has 2 aliphatic rings. The van der Waals surface area contributed by atoms with Gasteiger partial charge in [-0.1, -0.05) is 0 Å². The number of fused-ring (bicyclic) bond motifs is 1. The van der Waals surface area contributed by atoms with E-state index in [2.05, 4.69) is 5.32 Å². The number of ketones is 1. The van der Waals surface area contributed by atoms with Crippen molar-refractivity contribution in [2.75, 3.05) is 37.6 Å². The first-order valence-corrected chi connectivity index (χ1v) is 11.2. The number of nitrogens with one attached hydrogen (secondary N) is 1. The smallest absolute Gasteiger partial charge is 0.410 e. The molecular weight excluding hydrogens is 459 g/mol. The molecule has 0 aliphatic carbocycles. The van der Waals surface area contributed by atoms with Gasteiger partial charge >= 0.3 is 6.09 Å². The van der Waals surface area contributed by atoms with Crippen LogP contribution in [0.15, 0.2) is 12.1 Å². The van der Waals surface area contributed by atoms with Gasteiger partial charge in [0.2, 0.25) is 0 Å². The minimum absolute atomic E-state index is 0.0308. The van der Waals surface area contributed by atoms with Gasteiger partial charge in [0.05, 0.1) is 5.69 Å². The van der Waals surface area contributed by atoms with Gasteiger partial charge in [-0.05, 0) is 32.9 Å². The highest BCUT2D eigenvalue weighted by Crippen LogP contribution is 2.26. The number of carbonyl (C=O) groups excluding carboxylic acids is 5. The number of piperidine rings is 1. The number of halogens is 1. The van der Waals surface area contributed by atoms with Crippen LogP contribution in [0.3, 0.4) is 0 Å². The molecule has 10 nitrogen and oxygen atoms in total. The molecule has 2 saturated heterocycles. The molecule has 4 rings (SSSR count). The van der Waals surface area contributed by atoms with Crippen LogP contribution in [0.2, 0.25) is 0 Å². The van der Waals surface area contributed by atoms with Crippen molar-refractivity contribution >= 4 is 46.1 Å². The summed E-state index contributed by atoms with van der Waals surface area (Å²) < 4.78 is 21.6. The van der Waals surface area contributed by atoms with Crippen LogP contribution in [0.1, 0.15) is 33.2 Å². The van der Waals surface area contributed by atoms with E-state index in [0.29, 0.717) is 26.2 Å². The van der Waals surface area contributed by atoms with Gasteiger partial charge in [0.15, 0.2) is 23.7 Å². The predicted molar refractivity (Wildman–Crippen MR) is 122 cm³/mol. The number of ether oxygens (including phenoxy) is 1. The number of piperazine rings is 1. The fourth-order valence-electron chi connectivity index (χ4n) is 4.44. The molecule has 0 saturated carbocycles. The number of amides is 2. The molecule has 2 aromatic rings. The third-order valence-electron chi connectivity index (χ3n) is 6.03. The summed E-state index contributed by atoms with van der Waals surface area (Å²) in [5.41, 5.74) is -0.476. The molecule has 0 spiro atoms. The maximum absolute atomic E-state index is 15.2. The van der Waals surface area contributed by atoms with E-state index in [4.69, 9.17) is 4.74 Å². The van der Waals surface area contributed by atoms with Gasteiger partial charge in [0.25, 0.3) is 5.91 Å². The van der Waals surface area contributed by atoms with E-state index in [0.717, 1.165) is 10.6 Å². The molecular formula is C24H25FN4O6. The Labute approximate surface area is 199 Å². The van der Waals surface area contributed by atoms with Gasteiger partial charge in [-0.25, -0.2) is 18.8 Å². The monoisotopic (exact) mass is 484 g/mol. The second-order valence-electron chi connectivity index (χ2n) is 9.48. The Bertz CT molecular complexity index is 1370. The standard InChI is InChI=1S/C24H25FN4O6/c1-24(2,3)35-23(34)28-8-6-27(7-9-28)17-11-15-14(10-16(17)25)18(12-30)29(19(15)13-31)21-20(32)4-5-26-22(21)33/h10-11,21H,4-9H2,1-3H3,(H,26,33). The third-order valence-corrected chi connectivity index (χ3v) is 6.03. The number of aromatic nitrogens is 1. The SMILES string of the molecule is CC(C)(C)OC(=O)N1CCN(c2cc3c(=C=O)n(C4C(=O)CCNC4=O)c(=C=O)c3cc2F)CC1. The summed E-state index contributed by atoms with van der Waals surface area (Å²) in [6.07, 6.45) is -0.423. The van der Waals surface area contributed by atoms with Crippen molar-refractivity contribution in [2.45, 2.75) is 38.8 Å². The lowest BCUT2D eigenvalue weighted by molar-refractivity contribution is -0.135. The van der Waals surface area contributed by atoms with Crippen LogP contribution in [0, 0.1) is 5.82 Å². The summed E-state index contributed by atoms with van der Waals surface area (Å²) in [6, 6.07) is 1.05. The summed E-state index contributed by atoms with van der Waals surface area (Å²) in [5.74, 6) is 1.59. The highest BCUT2D eigenvalue weighted by atomic mass is 19.1. The van der Waals surface area contributed by atoms with Gasteiger partial charge in [-0.15, -0.1) is 0 Å². The average molecular weight is 484 g/mol. The molecule has 2 aliphatic heterocycles. The molecule has 1 aromatic carbocycles.